The molecule has 4 nitrogen and oxygen atoms in total. The van der Waals surface area contributed by atoms with Crippen LogP contribution >= 0.6 is 0 Å². The molecule has 2 aliphatic rings. The first-order valence-corrected chi connectivity index (χ1v) is 8.09. The fourth-order valence-corrected chi connectivity index (χ4v) is 3.74. The van der Waals surface area contributed by atoms with Gasteiger partial charge in [-0.2, -0.15) is 0 Å². The van der Waals surface area contributed by atoms with Gasteiger partial charge < -0.3 is 14.8 Å². The maximum absolute atomic E-state index is 6.08. The van der Waals surface area contributed by atoms with E-state index < -0.39 is 0 Å². The second-order valence-electron chi connectivity index (χ2n) is 6.42. The number of ether oxygens (including phenoxy) is 2. The number of hydrogen-bond donors (Lipinski definition) is 1. The van der Waals surface area contributed by atoms with E-state index in [9.17, 15) is 0 Å². The summed E-state index contributed by atoms with van der Waals surface area (Å²) < 4.78 is 11.7. The van der Waals surface area contributed by atoms with Gasteiger partial charge in [0.1, 0.15) is 0 Å². The van der Waals surface area contributed by atoms with Crippen LogP contribution in [0.5, 0.6) is 0 Å². The zero-order chi connectivity index (χ0) is 14.7. The number of aryl methyl sites for hydroxylation is 1. The lowest BCUT2D eigenvalue weighted by atomic mass is 9.79. The molecular weight excluding hydrogens is 264 g/mol. The van der Waals surface area contributed by atoms with E-state index in [-0.39, 0.29) is 5.60 Å². The molecule has 4 heteroatoms. The largest absolute Gasteiger partial charge is 0.378 e. The van der Waals surface area contributed by atoms with Crippen LogP contribution in [-0.2, 0) is 9.47 Å². The molecule has 2 fully saturated rings. The van der Waals surface area contributed by atoms with Crippen molar-refractivity contribution in [1.82, 2.24) is 10.3 Å². The van der Waals surface area contributed by atoms with Gasteiger partial charge in [0.2, 0.25) is 0 Å². The van der Waals surface area contributed by atoms with Crippen molar-refractivity contribution >= 4 is 0 Å². The predicted molar refractivity (Wildman–Crippen MR) is 82.2 cm³/mol. The molecule has 1 aromatic heterocycles. The minimum Gasteiger partial charge on any atom is -0.378 e. The van der Waals surface area contributed by atoms with Crippen molar-refractivity contribution in [2.75, 3.05) is 26.4 Å². The Hall–Kier alpha value is -0.970. The Morgan fingerprint density at radius 1 is 1.43 bits per heavy atom. The van der Waals surface area contributed by atoms with E-state index in [0.29, 0.717) is 12.0 Å². The van der Waals surface area contributed by atoms with Gasteiger partial charge in [0, 0.05) is 38.1 Å². The Labute approximate surface area is 127 Å². The van der Waals surface area contributed by atoms with E-state index in [1.54, 1.807) is 0 Å². The number of hydrogen-bond acceptors (Lipinski definition) is 4. The molecule has 3 heterocycles. The third-order valence-corrected chi connectivity index (χ3v) is 4.75. The lowest BCUT2D eigenvalue weighted by Crippen LogP contribution is -2.44. The van der Waals surface area contributed by atoms with Crippen molar-refractivity contribution in [3.63, 3.8) is 0 Å². The molecule has 0 radical (unpaired) electrons. The first kappa shape index (κ1) is 14.9. The molecule has 0 aliphatic carbocycles. The third-order valence-electron chi connectivity index (χ3n) is 4.75. The molecule has 0 bridgehead atoms. The maximum atomic E-state index is 6.08. The molecule has 0 saturated carbocycles. The molecule has 1 aromatic rings. The number of rotatable bonds is 4. The number of nitrogens with zero attached hydrogens (tertiary/aromatic N) is 1. The number of pyridine rings is 1. The van der Waals surface area contributed by atoms with Crippen LogP contribution in [0.2, 0.25) is 0 Å². The molecule has 116 valence electrons. The van der Waals surface area contributed by atoms with Gasteiger partial charge in [-0.3, -0.25) is 4.98 Å². The zero-order valence-electron chi connectivity index (χ0n) is 13.1. The first-order valence-electron chi connectivity index (χ1n) is 8.09. The molecule has 1 spiro atoms. The highest BCUT2D eigenvalue weighted by Crippen LogP contribution is 2.40. The van der Waals surface area contributed by atoms with Gasteiger partial charge in [0.15, 0.2) is 0 Å². The zero-order valence-corrected chi connectivity index (χ0v) is 13.1. The molecule has 0 amide bonds. The molecule has 2 saturated heterocycles. The fourth-order valence-electron chi connectivity index (χ4n) is 3.74. The molecule has 1 N–H and O–H groups in total. The van der Waals surface area contributed by atoms with Gasteiger partial charge >= 0.3 is 0 Å². The van der Waals surface area contributed by atoms with Crippen molar-refractivity contribution < 1.29 is 9.47 Å². The topological polar surface area (TPSA) is 43.4 Å². The van der Waals surface area contributed by atoms with E-state index in [1.807, 2.05) is 12.4 Å². The first-order chi connectivity index (χ1) is 10.2. The van der Waals surface area contributed by atoms with Crippen LogP contribution in [0.4, 0.5) is 0 Å². The Balaban J connectivity index is 1.80. The van der Waals surface area contributed by atoms with Gasteiger partial charge in [-0.05, 0) is 43.4 Å². The molecule has 2 aliphatic heterocycles. The monoisotopic (exact) mass is 290 g/mol. The van der Waals surface area contributed by atoms with Gasteiger partial charge in [-0.1, -0.05) is 13.0 Å². The molecular formula is C17H26N2O2. The fraction of sp³-hybridized carbons (Fsp3) is 0.706. The summed E-state index contributed by atoms with van der Waals surface area (Å²) in [4.78, 5) is 4.38. The number of aromatic nitrogens is 1. The quantitative estimate of drug-likeness (QED) is 0.926. The SMILES string of the molecule is CCNC(c1cncc(C)c1)C1CCOC2(CCOC2)C1. The van der Waals surface area contributed by atoms with Crippen LogP contribution in [0.25, 0.3) is 0 Å². The summed E-state index contributed by atoms with van der Waals surface area (Å²) in [5, 5.41) is 3.67. The lowest BCUT2D eigenvalue weighted by molar-refractivity contribution is -0.103. The van der Waals surface area contributed by atoms with E-state index in [0.717, 1.165) is 45.6 Å². The van der Waals surface area contributed by atoms with Gasteiger partial charge in [-0.25, -0.2) is 0 Å². The van der Waals surface area contributed by atoms with E-state index in [1.165, 1.54) is 11.1 Å². The minimum atomic E-state index is -0.0339. The van der Waals surface area contributed by atoms with Crippen LogP contribution in [-0.4, -0.2) is 37.0 Å². The van der Waals surface area contributed by atoms with E-state index in [4.69, 9.17) is 9.47 Å². The van der Waals surface area contributed by atoms with Crippen LogP contribution < -0.4 is 5.32 Å². The van der Waals surface area contributed by atoms with Gasteiger partial charge in [0.25, 0.3) is 0 Å². The summed E-state index contributed by atoms with van der Waals surface area (Å²) in [7, 11) is 0. The van der Waals surface area contributed by atoms with E-state index >= 15 is 0 Å². The summed E-state index contributed by atoms with van der Waals surface area (Å²) in [6, 6.07) is 2.62. The molecule has 0 aromatic carbocycles. The van der Waals surface area contributed by atoms with Gasteiger partial charge in [0.05, 0.1) is 12.2 Å². The smallest absolute Gasteiger partial charge is 0.0940 e. The molecule has 3 atom stereocenters. The summed E-state index contributed by atoms with van der Waals surface area (Å²) in [6.07, 6.45) is 7.15. The second kappa shape index (κ2) is 6.42. The molecule has 3 rings (SSSR count). The summed E-state index contributed by atoms with van der Waals surface area (Å²) in [5.41, 5.74) is 2.49. The van der Waals surface area contributed by atoms with Crippen molar-refractivity contribution in [2.45, 2.75) is 44.8 Å². The van der Waals surface area contributed by atoms with Crippen LogP contribution in [0.15, 0.2) is 18.5 Å². The third kappa shape index (κ3) is 3.28. The average molecular weight is 290 g/mol. The highest BCUT2D eigenvalue weighted by molar-refractivity contribution is 5.21. The minimum absolute atomic E-state index is 0.0339. The normalized spacial score (nSPS) is 30.7. The standard InChI is InChI=1S/C17H26N2O2/c1-3-19-16(15-8-13(2)10-18-11-15)14-4-6-21-17(9-14)5-7-20-12-17/h8,10-11,14,16,19H,3-7,9,12H2,1-2H3. The predicted octanol–water partition coefficient (Wildman–Crippen LogP) is 2.63. The van der Waals surface area contributed by atoms with Crippen LogP contribution in [0.3, 0.4) is 0 Å². The van der Waals surface area contributed by atoms with Crippen LogP contribution in [0, 0.1) is 12.8 Å². The van der Waals surface area contributed by atoms with Crippen LogP contribution in [0.1, 0.15) is 43.4 Å². The Bertz CT molecular complexity index is 472. The van der Waals surface area contributed by atoms with Crippen molar-refractivity contribution in [3.05, 3.63) is 29.6 Å². The Morgan fingerprint density at radius 2 is 2.33 bits per heavy atom. The molecule has 21 heavy (non-hydrogen) atoms. The summed E-state index contributed by atoms with van der Waals surface area (Å²) in [5.74, 6) is 0.587. The second-order valence-corrected chi connectivity index (χ2v) is 6.42. The van der Waals surface area contributed by atoms with Gasteiger partial charge in [-0.15, -0.1) is 0 Å². The summed E-state index contributed by atoms with van der Waals surface area (Å²) in [6.45, 7) is 7.69. The highest BCUT2D eigenvalue weighted by atomic mass is 16.6. The Kier molecular flexibility index (Phi) is 4.57. The Morgan fingerprint density at radius 3 is 3.05 bits per heavy atom. The number of nitrogens with one attached hydrogen (secondary N) is 1. The van der Waals surface area contributed by atoms with E-state index in [2.05, 4.69) is 30.2 Å². The maximum Gasteiger partial charge on any atom is 0.0940 e. The van der Waals surface area contributed by atoms with Crippen molar-refractivity contribution in [3.8, 4) is 0 Å². The lowest BCUT2D eigenvalue weighted by Gasteiger charge is -2.40. The molecule has 3 unspecified atom stereocenters. The summed E-state index contributed by atoms with van der Waals surface area (Å²) >= 11 is 0. The highest BCUT2D eigenvalue weighted by Gasteiger charge is 2.43. The van der Waals surface area contributed by atoms with Crippen molar-refractivity contribution in [1.29, 1.82) is 0 Å². The van der Waals surface area contributed by atoms with Crippen molar-refractivity contribution in [2.24, 2.45) is 5.92 Å². The average Bonchev–Trinajstić information content (AvgIpc) is 2.92.